The molecule has 0 unspecified atom stereocenters. The predicted molar refractivity (Wildman–Crippen MR) is 90.6 cm³/mol. The molecule has 6 heteroatoms. The van der Waals surface area contributed by atoms with Crippen molar-refractivity contribution in [3.05, 3.63) is 65.7 Å². The second-order valence-corrected chi connectivity index (χ2v) is 6.18. The van der Waals surface area contributed by atoms with Crippen molar-refractivity contribution in [2.75, 3.05) is 11.4 Å². The number of aromatic nitrogens is 2. The van der Waals surface area contributed by atoms with Crippen molar-refractivity contribution >= 4 is 11.6 Å². The van der Waals surface area contributed by atoms with Gasteiger partial charge >= 0.3 is 0 Å². The second kappa shape index (κ2) is 6.12. The lowest BCUT2D eigenvalue weighted by molar-refractivity contribution is -0.117. The summed E-state index contributed by atoms with van der Waals surface area (Å²) >= 11 is 0. The summed E-state index contributed by atoms with van der Waals surface area (Å²) < 4.78 is 19.1. The van der Waals surface area contributed by atoms with Gasteiger partial charge in [-0.15, -0.1) is 0 Å². The molecule has 2 aromatic carbocycles. The highest BCUT2D eigenvalue weighted by Gasteiger charge is 2.34. The molecule has 1 atom stereocenters. The van der Waals surface area contributed by atoms with E-state index in [2.05, 4.69) is 10.1 Å². The Kier molecular flexibility index (Phi) is 3.80. The molecule has 0 N–H and O–H groups in total. The van der Waals surface area contributed by atoms with Crippen LogP contribution >= 0.6 is 0 Å². The van der Waals surface area contributed by atoms with Crippen LogP contribution in [0.5, 0.6) is 0 Å². The van der Waals surface area contributed by atoms with Crippen molar-refractivity contribution in [3.8, 4) is 11.5 Å². The molecule has 5 nitrogen and oxygen atoms in total. The SMILES string of the molecule is Cc1ccc(N2C[C@H](c3noc(-c4ccccc4F)n3)CC2=O)cc1. The maximum Gasteiger partial charge on any atom is 0.260 e. The highest BCUT2D eigenvalue weighted by molar-refractivity contribution is 5.96. The minimum atomic E-state index is -0.415. The highest BCUT2D eigenvalue weighted by atomic mass is 19.1. The summed E-state index contributed by atoms with van der Waals surface area (Å²) in [4.78, 5) is 18.4. The molecule has 126 valence electrons. The summed E-state index contributed by atoms with van der Waals surface area (Å²) in [5.74, 6) is 0.00111. The number of amides is 1. The van der Waals surface area contributed by atoms with E-state index in [1.165, 1.54) is 6.07 Å². The summed E-state index contributed by atoms with van der Waals surface area (Å²) in [7, 11) is 0. The highest BCUT2D eigenvalue weighted by Crippen LogP contribution is 2.32. The predicted octanol–water partition coefficient (Wildman–Crippen LogP) is 3.70. The van der Waals surface area contributed by atoms with Gasteiger partial charge in [0.2, 0.25) is 5.91 Å². The van der Waals surface area contributed by atoms with Gasteiger partial charge in [-0.1, -0.05) is 35.0 Å². The Morgan fingerprint density at radius 1 is 1.16 bits per heavy atom. The molecule has 0 aliphatic carbocycles. The van der Waals surface area contributed by atoms with Gasteiger partial charge < -0.3 is 9.42 Å². The molecule has 4 rings (SSSR count). The van der Waals surface area contributed by atoms with Crippen LogP contribution in [0.15, 0.2) is 53.1 Å². The number of aryl methyl sites for hydroxylation is 1. The molecule has 1 fully saturated rings. The van der Waals surface area contributed by atoms with Crippen LogP contribution in [-0.4, -0.2) is 22.6 Å². The van der Waals surface area contributed by atoms with Crippen molar-refractivity contribution in [3.63, 3.8) is 0 Å². The first-order valence-electron chi connectivity index (χ1n) is 8.07. The van der Waals surface area contributed by atoms with Gasteiger partial charge in [0.1, 0.15) is 5.82 Å². The third kappa shape index (κ3) is 2.91. The van der Waals surface area contributed by atoms with Gasteiger partial charge in [0.25, 0.3) is 5.89 Å². The number of anilines is 1. The van der Waals surface area contributed by atoms with Crippen molar-refractivity contribution in [1.82, 2.24) is 10.1 Å². The molecule has 3 aromatic rings. The molecule has 0 radical (unpaired) electrons. The van der Waals surface area contributed by atoms with E-state index in [0.717, 1.165) is 11.3 Å². The number of hydrogen-bond donors (Lipinski definition) is 0. The van der Waals surface area contributed by atoms with E-state index in [1.807, 2.05) is 31.2 Å². The number of nitrogens with zero attached hydrogens (tertiary/aromatic N) is 3. The Labute approximate surface area is 144 Å². The minimum Gasteiger partial charge on any atom is -0.334 e. The smallest absolute Gasteiger partial charge is 0.260 e. The molecule has 25 heavy (non-hydrogen) atoms. The van der Waals surface area contributed by atoms with E-state index >= 15 is 0 Å². The molecule has 0 spiro atoms. The normalized spacial score (nSPS) is 17.3. The van der Waals surface area contributed by atoms with Gasteiger partial charge in [0.05, 0.1) is 5.56 Å². The Hall–Kier alpha value is -3.02. The van der Waals surface area contributed by atoms with Crippen LogP contribution in [0.3, 0.4) is 0 Å². The molecular formula is C19H16FN3O2. The third-order valence-electron chi connectivity index (χ3n) is 4.38. The lowest BCUT2D eigenvalue weighted by Gasteiger charge is -2.16. The van der Waals surface area contributed by atoms with Crippen molar-refractivity contribution in [1.29, 1.82) is 0 Å². The maximum absolute atomic E-state index is 13.8. The molecule has 1 aromatic heterocycles. The number of carbonyl (C=O) groups is 1. The monoisotopic (exact) mass is 337 g/mol. The molecule has 2 heterocycles. The van der Waals surface area contributed by atoms with Gasteiger partial charge in [0, 0.05) is 24.6 Å². The quantitative estimate of drug-likeness (QED) is 0.731. The van der Waals surface area contributed by atoms with Crippen molar-refractivity contribution < 1.29 is 13.7 Å². The summed E-state index contributed by atoms with van der Waals surface area (Å²) in [6, 6.07) is 14.0. The average Bonchev–Trinajstić information content (AvgIpc) is 3.23. The summed E-state index contributed by atoms with van der Waals surface area (Å²) in [6.07, 6.45) is 0.310. The van der Waals surface area contributed by atoms with E-state index in [-0.39, 0.29) is 23.3 Å². The maximum atomic E-state index is 13.8. The fourth-order valence-corrected chi connectivity index (χ4v) is 3.00. The van der Waals surface area contributed by atoms with Crippen LogP contribution < -0.4 is 4.90 Å². The third-order valence-corrected chi connectivity index (χ3v) is 4.38. The van der Waals surface area contributed by atoms with E-state index in [1.54, 1.807) is 23.1 Å². The standard InChI is InChI=1S/C19H16FN3O2/c1-12-6-8-14(9-7-12)23-11-13(10-17(23)24)18-21-19(25-22-18)15-4-2-3-5-16(15)20/h2-9,13H,10-11H2,1H3/t13-/m1/s1. The van der Waals surface area contributed by atoms with E-state index in [0.29, 0.717) is 18.8 Å². The van der Waals surface area contributed by atoms with Gasteiger partial charge in [-0.2, -0.15) is 4.98 Å². The molecular weight excluding hydrogens is 321 g/mol. The molecule has 1 aliphatic rings. The van der Waals surface area contributed by atoms with Gasteiger partial charge in [-0.3, -0.25) is 4.79 Å². The fraction of sp³-hybridized carbons (Fsp3) is 0.211. The Bertz CT molecular complexity index is 920. The largest absolute Gasteiger partial charge is 0.334 e. The van der Waals surface area contributed by atoms with Crippen LogP contribution in [0.4, 0.5) is 10.1 Å². The van der Waals surface area contributed by atoms with Gasteiger partial charge in [-0.25, -0.2) is 4.39 Å². The first-order chi connectivity index (χ1) is 12.1. The van der Waals surface area contributed by atoms with Crippen LogP contribution in [0.1, 0.15) is 23.7 Å². The summed E-state index contributed by atoms with van der Waals surface area (Å²) in [5, 5.41) is 3.96. The Morgan fingerprint density at radius 3 is 2.68 bits per heavy atom. The molecule has 0 saturated carbocycles. The summed E-state index contributed by atoms with van der Waals surface area (Å²) in [6.45, 7) is 2.49. The van der Waals surface area contributed by atoms with Crippen LogP contribution in [0.25, 0.3) is 11.5 Å². The van der Waals surface area contributed by atoms with Gasteiger partial charge in [0.15, 0.2) is 5.82 Å². The number of benzene rings is 2. The molecule has 1 aliphatic heterocycles. The second-order valence-electron chi connectivity index (χ2n) is 6.18. The van der Waals surface area contributed by atoms with E-state index in [4.69, 9.17) is 4.52 Å². The Balaban J connectivity index is 1.57. The molecule has 1 amide bonds. The minimum absolute atomic E-state index is 0.0195. The van der Waals surface area contributed by atoms with Crippen LogP contribution in [0, 0.1) is 12.7 Å². The lowest BCUT2D eigenvalue weighted by Crippen LogP contribution is -2.24. The van der Waals surface area contributed by atoms with Crippen molar-refractivity contribution in [2.45, 2.75) is 19.3 Å². The number of rotatable bonds is 3. The number of halogens is 1. The lowest BCUT2D eigenvalue weighted by atomic mass is 10.1. The van der Waals surface area contributed by atoms with Crippen LogP contribution in [-0.2, 0) is 4.79 Å². The van der Waals surface area contributed by atoms with E-state index < -0.39 is 5.82 Å². The van der Waals surface area contributed by atoms with Crippen molar-refractivity contribution in [2.24, 2.45) is 0 Å². The molecule has 0 bridgehead atoms. The van der Waals surface area contributed by atoms with Crippen LogP contribution in [0.2, 0.25) is 0 Å². The van der Waals surface area contributed by atoms with Gasteiger partial charge in [-0.05, 0) is 31.2 Å². The zero-order valence-electron chi connectivity index (χ0n) is 13.6. The number of hydrogen-bond acceptors (Lipinski definition) is 4. The summed E-state index contributed by atoms with van der Waals surface area (Å²) in [5.41, 5.74) is 2.26. The average molecular weight is 337 g/mol. The topological polar surface area (TPSA) is 59.2 Å². The van der Waals surface area contributed by atoms with E-state index in [9.17, 15) is 9.18 Å². The first kappa shape index (κ1) is 15.5. The number of carbonyl (C=O) groups excluding carboxylic acids is 1. The zero-order chi connectivity index (χ0) is 17.4. The fourth-order valence-electron chi connectivity index (χ4n) is 3.00. The zero-order valence-corrected chi connectivity index (χ0v) is 13.6. The Morgan fingerprint density at radius 2 is 1.92 bits per heavy atom. The molecule has 1 saturated heterocycles. The first-order valence-corrected chi connectivity index (χ1v) is 8.07.